The van der Waals surface area contributed by atoms with Crippen LogP contribution in [0.4, 0.5) is 0 Å². The minimum atomic E-state index is -0.429. The fraction of sp³-hybridized carbons (Fsp3) is 0.294. The number of carbonyl (C=O) groups excluding carboxylic acids is 1. The third-order valence-corrected chi connectivity index (χ3v) is 4.26. The quantitative estimate of drug-likeness (QED) is 0.597. The molecule has 2 aromatic rings. The summed E-state index contributed by atoms with van der Waals surface area (Å²) < 4.78 is 16.5. The highest BCUT2D eigenvalue weighted by Crippen LogP contribution is 2.43. The van der Waals surface area contributed by atoms with Crippen molar-refractivity contribution >= 4 is 22.5 Å². The van der Waals surface area contributed by atoms with Gasteiger partial charge >= 0.3 is 11.6 Å². The highest BCUT2D eigenvalue weighted by molar-refractivity contribution is 6.07. The number of ether oxygens (including phenoxy) is 2. The minimum Gasteiger partial charge on any atom is -0.489 e. The molecular formula is C17H14O5. The van der Waals surface area contributed by atoms with Crippen LogP contribution in [0, 0.1) is 0 Å². The number of esters is 1. The molecule has 0 N–H and O–H groups in total. The van der Waals surface area contributed by atoms with Crippen LogP contribution in [0.25, 0.3) is 16.5 Å². The van der Waals surface area contributed by atoms with Crippen LogP contribution < -0.4 is 10.4 Å². The molecule has 112 valence electrons. The normalized spacial score (nSPS) is 19.7. The van der Waals surface area contributed by atoms with E-state index in [0.29, 0.717) is 34.5 Å². The van der Waals surface area contributed by atoms with Crippen LogP contribution in [0.5, 0.6) is 5.75 Å². The summed E-state index contributed by atoms with van der Waals surface area (Å²) in [4.78, 5) is 23.9. The van der Waals surface area contributed by atoms with Gasteiger partial charge in [0, 0.05) is 22.1 Å². The molecule has 3 heterocycles. The molecule has 4 rings (SSSR count). The van der Waals surface area contributed by atoms with Gasteiger partial charge in [0.2, 0.25) is 0 Å². The largest absolute Gasteiger partial charge is 0.489 e. The van der Waals surface area contributed by atoms with Gasteiger partial charge in [0.15, 0.2) is 6.10 Å². The first-order valence-corrected chi connectivity index (χ1v) is 7.24. The summed E-state index contributed by atoms with van der Waals surface area (Å²) in [5.74, 6) is 0.268. The molecule has 0 radical (unpaired) electrons. The van der Waals surface area contributed by atoms with Crippen molar-refractivity contribution in [3.05, 3.63) is 45.3 Å². The van der Waals surface area contributed by atoms with Gasteiger partial charge in [-0.2, -0.15) is 0 Å². The number of aryl methyl sites for hydroxylation is 1. The topological polar surface area (TPSA) is 65.7 Å². The lowest BCUT2D eigenvalue weighted by molar-refractivity contribution is -0.140. The summed E-state index contributed by atoms with van der Waals surface area (Å²) in [6, 6.07) is 5.54. The Morgan fingerprint density at radius 3 is 2.86 bits per heavy atom. The third-order valence-electron chi connectivity index (χ3n) is 4.26. The molecular weight excluding hydrogens is 284 g/mol. The Balaban J connectivity index is 2.09. The molecule has 0 saturated heterocycles. The van der Waals surface area contributed by atoms with Crippen LogP contribution in [0.1, 0.15) is 25.0 Å². The molecule has 0 aliphatic carbocycles. The molecule has 1 aromatic carbocycles. The van der Waals surface area contributed by atoms with Crippen molar-refractivity contribution in [2.75, 3.05) is 6.61 Å². The number of carbonyl (C=O) groups is 1. The standard InChI is InChI=1S/C17H14O5/c1-3-9-6-10-4-5-11-14(15(10)22-17(9)19)13-8(2)16(18)21-12(13)7-20-11/h4-6,12H,3,7H2,1-2H3. The van der Waals surface area contributed by atoms with E-state index in [0.717, 1.165) is 11.0 Å². The third kappa shape index (κ3) is 1.65. The van der Waals surface area contributed by atoms with Gasteiger partial charge in [-0.05, 0) is 31.5 Å². The molecule has 2 aliphatic rings. The molecule has 0 spiro atoms. The monoisotopic (exact) mass is 298 g/mol. The van der Waals surface area contributed by atoms with Gasteiger partial charge in [0.25, 0.3) is 0 Å². The maximum Gasteiger partial charge on any atom is 0.339 e. The summed E-state index contributed by atoms with van der Waals surface area (Å²) >= 11 is 0. The van der Waals surface area contributed by atoms with Crippen molar-refractivity contribution < 1.29 is 18.7 Å². The van der Waals surface area contributed by atoms with Gasteiger partial charge in [-0.15, -0.1) is 0 Å². The molecule has 22 heavy (non-hydrogen) atoms. The van der Waals surface area contributed by atoms with Crippen molar-refractivity contribution in [3.8, 4) is 5.75 Å². The molecule has 5 nitrogen and oxygen atoms in total. The Morgan fingerprint density at radius 1 is 1.27 bits per heavy atom. The highest BCUT2D eigenvalue weighted by atomic mass is 16.6. The predicted molar refractivity (Wildman–Crippen MR) is 79.8 cm³/mol. The smallest absolute Gasteiger partial charge is 0.339 e. The Morgan fingerprint density at radius 2 is 2.09 bits per heavy atom. The molecule has 1 atom stereocenters. The number of hydrogen-bond donors (Lipinski definition) is 0. The molecule has 0 amide bonds. The van der Waals surface area contributed by atoms with E-state index in [2.05, 4.69) is 0 Å². The molecule has 0 bridgehead atoms. The minimum absolute atomic E-state index is 0.286. The van der Waals surface area contributed by atoms with E-state index in [1.807, 2.05) is 25.1 Å². The van der Waals surface area contributed by atoms with Crippen LogP contribution in [0.15, 0.2) is 33.0 Å². The number of benzene rings is 1. The Kier molecular flexibility index (Phi) is 2.66. The summed E-state index contributed by atoms with van der Waals surface area (Å²) in [5.41, 5.74) is 2.71. The molecule has 1 unspecified atom stereocenters. The van der Waals surface area contributed by atoms with Crippen molar-refractivity contribution in [2.24, 2.45) is 0 Å². The van der Waals surface area contributed by atoms with E-state index in [4.69, 9.17) is 13.9 Å². The zero-order valence-corrected chi connectivity index (χ0v) is 12.3. The second kappa shape index (κ2) is 4.47. The maximum atomic E-state index is 12.1. The molecule has 0 saturated carbocycles. The lowest BCUT2D eigenvalue weighted by Crippen LogP contribution is -2.25. The first kappa shape index (κ1) is 13.1. The number of rotatable bonds is 1. The van der Waals surface area contributed by atoms with Crippen molar-refractivity contribution in [3.63, 3.8) is 0 Å². The van der Waals surface area contributed by atoms with Crippen LogP contribution in [-0.2, 0) is 16.0 Å². The van der Waals surface area contributed by atoms with E-state index in [1.54, 1.807) is 6.92 Å². The molecule has 2 aliphatic heterocycles. The Labute approximate surface area is 126 Å². The fourth-order valence-electron chi connectivity index (χ4n) is 3.09. The molecule has 5 heteroatoms. The fourth-order valence-corrected chi connectivity index (χ4v) is 3.09. The Hall–Kier alpha value is -2.56. The highest BCUT2D eigenvalue weighted by Gasteiger charge is 2.39. The predicted octanol–water partition coefficient (Wildman–Crippen LogP) is 2.45. The Bertz CT molecular complexity index is 903. The van der Waals surface area contributed by atoms with Gasteiger partial charge in [0.1, 0.15) is 17.9 Å². The van der Waals surface area contributed by atoms with E-state index in [1.165, 1.54) is 0 Å². The summed E-state index contributed by atoms with van der Waals surface area (Å²) in [6.07, 6.45) is 0.180. The van der Waals surface area contributed by atoms with Crippen molar-refractivity contribution in [1.29, 1.82) is 0 Å². The van der Waals surface area contributed by atoms with E-state index < -0.39 is 6.10 Å². The van der Waals surface area contributed by atoms with E-state index in [-0.39, 0.29) is 18.2 Å². The second-order valence-corrected chi connectivity index (χ2v) is 5.51. The van der Waals surface area contributed by atoms with Crippen LogP contribution in [0.2, 0.25) is 0 Å². The first-order chi connectivity index (χ1) is 10.6. The van der Waals surface area contributed by atoms with Crippen LogP contribution in [0.3, 0.4) is 0 Å². The van der Waals surface area contributed by atoms with Gasteiger partial charge < -0.3 is 13.9 Å². The van der Waals surface area contributed by atoms with Gasteiger partial charge in [0.05, 0.1) is 5.56 Å². The molecule has 0 fully saturated rings. The van der Waals surface area contributed by atoms with E-state index in [9.17, 15) is 9.59 Å². The van der Waals surface area contributed by atoms with E-state index >= 15 is 0 Å². The molecule has 1 aromatic heterocycles. The van der Waals surface area contributed by atoms with Gasteiger partial charge in [-0.1, -0.05) is 6.92 Å². The zero-order valence-electron chi connectivity index (χ0n) is 12.3. The van der Waals surface area contributed by atoms with Crippen molar-refractivity contribution in [2.45, 2.75) is 26.4 Å². The van der Waals surface area contributed by atoms with Gasteiger partial charge in [-0.3, -0.25) is 0 Å². The zero-order chi connectivity index (χ0) is 15.4. The summed E-state index contributed by atoms with van der Waals surface area (Å²) in [7, 11) is 0. The first-order valence-electron chi connectivity index (χ1n) is 7.24. The van der Waals surface area contributed by atoms with Crippen molar-refractivity contribution in [1.82, 2.24) is 0 Å². The second-order valence-electron chi connectivity index (χ2n) is 5.51. The lowest BCUT2D eigenvalue weighted by atomic mass is 9.93. The van der Waals surface area contributed by atoms with Gasteiger partial charge in [-0.25, -0.2) is 9.59 Å². The van der Waals surface area contributed by atoms with Crippen LogP contribution in [-0.4, -0.2) is 18.7 Å². The summed E-state index contributed by atoms with van der Waals surface area (Å²) in [6.45, 7) is 3.92. The van der Waals surface area contributed by atoms with Crippen LogP contribution >= 0.6 is 0 Å². The summed E-state index contributed by atoms with van der Waals surface area (Å²) in [5, 5.41) is 0.819. The average Bonchev–Trinajstić information content (AvgIpc) is 2.81. The average molecular weight is 298 g/mol. The number of hydrogen-bond acceptors (Lipinski definition) is 5. The number of fused-ring (bicyclic) bond motifs is 5. The maximum absolute atomic E-state index is 12.1. The lowest BCUT2D eigenvalue weighted by Gasteiger charge is -2.24. The SMILES string of the molecule is CCc1cc2ccc3c(c2oc1=O)C1=C(C)C(=O)OC1CO3.